The molecule has 120 valence electrons. The first kappa shape index (κ1) is 16.5. The smallest absolute Gasteiger partial charge is 0.244 e. The number of amides is 2. The molecular formula is C18H26N2O2. The predicted molar refractivity (Wildman–Crippen MR) is 87.6 cm³/mol. The summed E-state index contributed by atoms with van der Waals surface area (Å²) in [5.74, 6) is -0.0935. The SMILES string of the molecule is Cc1cccc(C2(C(=O)N[C@H](C)C(=O)N(C)C)CCCC2)c1. The van der Waals surface area contributed by atoms with Crippen LogP contribution in [-0.2, 0) is 15.0 Å². The molecule has 1 atom stereocenters. The maximum Gasteiger partial charge on any atom is 0.244 e. The summed E-state index contributed by atoms with van der Waals surface area (Å²) >= 11 is 0. The monoisotopic (exact) mass is 302 g/mol. The van der Waals surface area contributed by atoms with Gasteiger partial charge in [0.05, 0.1) is 5.41 Å². The fourth-order valence-corrected chi connectivity index (χ4v) is 3.35. The minimum absolute atomic E-state index is 0.0155. The van der Waals surface area contributed by atoms with E-state index in [4.69, 9.17) is 0 Å². The van der Waals surface area contributed by atoms with E-state index in [2.05, 4.69) is 11.4 Å². The summed E-state index contributed by atoms with van der Waals surface area (Å²) in [6, 6.07) is 7.69. The minimum atomic E-state index is -0.496. The van der Waals surface area contributed by atoms with Crippen LogP contribution in [0.3, 0.4) is 0 Å². The van der Waals surface area contributed by atoms with Crippen molar-refractivity contribution in [2.45, 2.75) is 51.0 Å². The van der Waals surface area contributed by atoms with Crippen LogP contribution >= 0.6 is 0 Å². The molecule has 22 heavy (non-hydrogen) atoms. The number of likely N-dealkylation sites (N-methyl/N-ethyl adjacent to an activating group) is 1. The summed E-state index contributed by atoms with van der Waals surface area (Å²) < 4.78 is 0. The van der Waals surface area contributed by atoms with Gasteiger partial charge in [0.25, 0.3) is 0 Å². The van der Waals surface area contributed by atoms with Gasteiger partial charge in [0.1, 0.15) is 6.04 Å². The molecule has 0 radical (unpaired) electrons. The fourth-order valence-electron chi connectivity index (χ4n) is 3.35. The van der Waals surface area contributed by atoms with Gasteiger partial charge in [-0.25, -0.2) is 0 Å². The summed E-state index contributed by atoms with van der Waals surface area (Å²) in [6.07, 6.45) is 3.81. The summed E-state index contributed by atoms with van der Waals surface area (Å²) in [5, 5.41) is 2.93. The highest BCUT2D eigenvalue weighted by Gasteiger charge is 2.43. The topological polar surface area (TPSA) is 49.4 Å². The summed E-state index contributed by atoms with van der Waals surface area (Å²) in [6.45, 7) is 3.79. The van der Waals surface area contributed by atoms with Crippen LogP contribution in [0.2, 0.25) is 0 Å². The van der Waals surface area contributed by atoms with Crippen LogP contribution in [0.5, 0.6) is 0 Å². The second kappa shape index (κ2) is 6.51. The molecule has 4 heteroatoms. The van der Waals surface area contributed by atoms with Crippen LogP contribution in [0.1, 0.15) is 43.7 Å². The molecule has 4 nitrogen and oxygen atoms in total. The predicted octanol–water partition coefficient (Wildman–Crippen LogP) is 2.40. The maximum atomic E-state index is 12.9. The molecule has 0 saturated heterocycles. The van der Waals surface area contributed by atoms with E-state index < -0.39 is 11.5 Å². The number of hydrogen-bond acceptors (Lipinski definition) is 2. The zero-order valence-corrected chi connectivity index (χ0v) is 14.0. The second-order valence-electron chi connectivity index (χ2n) is 6.59. The third kappa shape index (κ3) is 3.16. The lowest BCUT2D eigenvalue weighted by molar-refractivity contribution is -0.135. The number of carbonyl (C=O) groups is 2. The first-order valence-electron chi connectivity index (χ1n) is 7.96. The van der Waals surface area contributed by atoms with Crippen molar-refractivity contribution >= 4 is 11.8 Å². The van der Waals surface area contributed by atoms with Crippen LogP contribution in [0.25, 0.3) is 0 Å². The second-order valence-corrected chi connectivity index (χ2v) is 6.59. The molecule has 1 saturated carbocycles. The summed E-state index contributed by atoms with van der Waals surface area (Å²) in [5.41, 5.74) is 1.76. The Morgan fingerprint density at radius 2 is 1.86 bits per heavy atom. The average molecular weight is 302 g/mol. The fraction of sp³-hybridized carbons (Fsp3) is 0.556. The quantitative estimate of drug-likeness (QED) is 0.928. The number of aryl methyl sites for hydroxylation is 1. The highest BCUT2D eigenvalue weighted by Crippen LogP contribution is 2.41. The van der Waals surface area contributed by atoms with E-state index in [1.54, 1.807) is 21.0 Å². The molecule has 1 N–H and O–H groups in total. The zero-order chi connectivity index (χ0) is 16.3. The van der Waals surface area contributed by atoms with E-state index in [9.17, 15) is 9.59 Å². The Labute approximate surface area is 132 Å². The van der Waals surface area contributed by atoms with E-state index in [1.807, 2.05) is 25.1 Å². The van der Waals surface area contributed by atoms with Gasteiger partial charge in [-0.3, -0.25) is 9.59 Å². The molecule has 2 amide bonds. The van der Waals surface area contributed by atoms with Gasteiger partial charge in [0, 0.05) is 14.1 Å². The third-order valence-electron chi connectivity index (χ3n) is 4.62. The Kier molecular flexibility index (Phi) is 4.89. The molecule has 0 spiro atoms. The maximum absolute atomic E-state index is 12.9. The summed E-state index contributed by atoms with van der Waals surface area (Å²) in [7, 11) is 3.41. The number of carbonyl (C=O) groups excluding carboxylic acids is 2. The van der Waals surface area contributed by atoms with Crippen LogP contribution < -0.4 is 5.32 Å². The van der Waals surface area contributed by atoms with E-state index in [-0.39, 0.29) is 11.8 Å². The molecule has 1 fully saturated rings. The zero-order valence-electron chi connectivity index (χ0n) is 14.0. The first-order chi connectivity index (χ1) is 10.4. The number of hydrogen-bond donors (Lipinski definition) is 1. The van der Waals surface area contributed by atoms with Gasteiger partial charge < -0.3 is 10.2 Å². The highest BCUT2D eigenvalue weighted by molar-refractivity contribution is 5.93. The van der Waals surface area contributed by atoms with Crippen LogP contribution in [-0.4, -0.2) is 36.9 Å². The normalized spacial score (nSPS) is 17.8. The van der Waals surface area contributed by atoms with Gasteiger partial charge in [-0.2, -0.15) is 0 Å². The Morgan fingerprint density at radius 1 is 1.23 bits per heavy atom. The number of benzene rings is 1. The van der Waals surface area contributed by atoms with Crippen LogP contribution in [0.4, 0.5) is 0 Å². The van der Waals surface area contributed by atoms with Crippen molar-refractivity contribution in [3.8, 4) is 0 Å². The lowest BCUT2D eigenvalue weighted by Gasteiger charge is -2.30. The molecule has 0 heterocycles. The van der Waals surface area contributed by atoms with E-state index in [1.165, 1.54) is 4.90 Å². The van der Waals surface area contributed by atoms with Crippen molar-refractivity contribution in [2.24, 2.45) is 0 Å². The van der Waals surface area contributed by atoms with E-state index >= 15 is 0 Å². The molecule has 1 aliphatic rings. The van der Waals surface area contributed by atoms with Crippen LogP contribution in [0, 0.1) is 6.92 Å². The Balaban J connectivity index is 2.24. The number of rotatable bonds is 4. The first-order valence-corrected chi connectivity index (χ1v) is 7.96. The van der Waals surface area contributed by atoms with Gasteiger partial charge in [-0.05, 0) is 32.3 Å². The van der Waals surface area contributed by atoms with Crippen molar-refractivity contribution in [3.05, 3.63) is 35.4 Å². The molecule has 2 rings (SSSR count). The number of nitrogens with one attached hydrogen (secondary N) is 1. The lowest BCUT2D eigenvalue weighted by Crippen LogP contribution is -2.51. The molecule has 1 aliphatic carbocycles. The van der Waals surface area contributed by atoms with Crippen molar-refractivity contribution in [1.29, 1.82) is 0 Å². The van der Waals surface area contributed by atoms with Crippen molar-refractivity contribution < 1.29 is 9.59 Å². The third-order valence-corrected chi connectivity index (χ3v) is 4.62. The highest BCUT2D eigenvalue weighted by atomic mass is 16.2. The van der Waals surface area contributed by atoms with Gasteiger partial charge in [-0.15, -0.1) is 0 Å². The van der Waals surface area contributed by atoms with Crippen molar-refractivity contribution in [1.82, 2.24) is 10.2 Å². The number of nitrogens with zero attached hydrogens (tertiary/aromatic N) is 1. The standard InChI is InChI=1S/C18H26N2O2/c1-13-8-7-9-15(12-13)18(10-5-6-11-18)17(22)19-14(2)16(21)20(3)4/h7-9,12,14H,5-6,10-11H2,1-4H3,(H,19,22)/t14-/m1/s1. The molecule has 0 aromatic heterocycles. The Morgan fingerprint density at radius 3 is 2.41 bits per heavy atom. The van der Waals surface area contributed by atoms with Gasteiger partial charge in [0.2, 0.25) is 11.8 Å². The lowest BCUT2D eigenvalue weighted by atomic mass is 9.77. The van der Waals surface area contributed by atoms with Crippen molar-refractivity contribution in [2.75, 3.05) is 14.1 Å². The molecular weight excluding hydrogens is 276 g/mol. The average Bonchev–Trinajstić information content (AvgIpc) is 2.97. The van der Waals surface area contributed by atoms with Gasteiger partial charge >= 0.3 is 0 Å². The van der Waals surface area contributed by atoms with Gasteiger partial charge in [-0.1, -0.05) is 42.7 Å². The van der Waals surface area contributed by atoms with E-state index in [0.717, 1.165) is 36.8 Å². The van der Waals surface area contributed by atoms with Gasteiger partial charge in [0.15, 0.2) is 0 Å². The molecule has 0 aliphatic heterocycles. The Hall–Kier alpha value is -1.84. The largest absolute Gasteiger partial charge is 0.347 e. The van der Waals surface area contributed by atoms with E-state index in [0.29, 0.717) is 0 Å². The van der Waals surface area contributed by atoms with Crippen molar-refractivity contribution in [3.63, 3.8) is 0 Å². The Bertz CT molecular complexity index is 560. The minimum Gasteiger partial charge on any atom is -0.347 e. The molecule has 1 aromatic rings. The van der Waals surface area contributed by atoms with Crippen LogP contribution in [0.15, 0.2) is 24.3 Å². The summed E-state index contributed by atoms with van der Waals surface area (Å²) in [4.78, 5) is 26.4. The molecule has 1 aromatic carbocycles. The molecule has 0 bridgehead atoms. The molecule has 0 unspecified atom stereocenters.